The van der Waals surface area contributed by atoms with Gasteiger partial charge in [0, 0.05) is 0 Å². The van der Waals surface area contributed by atoms with Gasteiger partial charge in [0.2, 0.25) is 0 Å². The lowest BCUT2D eigenvalue weighted by atomic mass is 10.2. The minimum absolute atomic E-state index is 0.284. The summed E-state index contributed by atoms with van der Waals surface area (Å²) in [5.41, 5.74) is -0.618. The molecule has 1 aromatic rings. The van der Waals surface area contributed by atoms with Gasteiger partial charge in [-0.1, -0.05) is 0 Å². The summed E-state index contributed by atoms with van der Waals surface area (Å²) < 4.78 is 4.41. The Hall–Kier alpha value is -2.38. The molecule has 1 amide bonds. The Morgan fingerprint density at radius 3 is 2.71 bits per heavy atom. The van der Waals surface area contributed by atoms with Crippen molar-refractivity contribution >= 4 is 17.8 Å². The quantitative estimate of drug-likeness (QED) is 0.605. The summed E-state index contributed by atoms with van der Waals surface area (Å²) in [7, 11) is 1.18. The van der Waals surface area contributed by atoms with Crippen molar-refractivity contribution < 1.29 is 24.2 Å². The molecular weight excluding hydrogens is 230 g/mol. The number of nitrogens with one attached hydrogen (secondary N) is 2. The molecule has 0 aliphatic rings. The molecule has 1 unspecified atom stereocenters. The van der Waals surface area contributed by atoms with E-state index in [-0.39, 0.29) is 11.4 Å². The summed E-state index contributed by atoms with van der Waals surface area (Å²) in [5, 5.41) is 11.0. The number of carboxylic acid groups (broad SMARTS) is 1. The number of carbonyl (C=O) groups excluding carboxylic acids is 2. The van der Waals surface area contributed by atoms with Gasteiger partial charge in [-0.3, -0.25) is 4.79 Å². The second kappa shape index (κ2) is 5.10. The Labute approximate surface area is 96.0 Å². The number of hydrogen-bond donors (Lipinski definition) is 3. The van der Waals surface area contributed by atoms with Crippen LogP contribution in [0.25, 0.3) is 0 Å². The Morgan fingerprint density at radius 1 is 1.53 bits per heavy atom. The maximum atomic E-state index is 11.6. The largest absolute Gasteiger partial charge is 0.477 e. The molecule has 1 rings (SSSR count). The van der Waals surface area contributed by atoms with Gasteiger partial charge in [0.05, 0.1) is 13.4 Å². The van der Waals surface area contributed by atoms with Crippen LogP contribution in [0.2, 0.25) is 0 Å². The van der Waals surface area contributed by atoms with Gasteiger partial charge < -0.3 is 20.1 Å². The Bertz CT molecular complexity index is 453. The smallest absolute Gasteiger partial charge is 0.354 e. The number of carbonyl (C=O) groups is 3. The summed E-state index contributed by atoms with van der Waals surface area (Å²) in [5.74, 6) is -2.70. The molecule has 0 fully saturated rings. The number of ether oxygens (including phenoxy) is 1. The minimum atomic E-state index is -1.31. The maximum Gasteiger partial charge on any atom is 0.354 e. The number of hydrogen-bond acceptors (Lipinski definition) is 5. The van der Waals surface area contributed by atoms with Gasteiger partial charge in [-0.15, -0.1) is 0 Å². The van der Waals surface area contributed by atoms with Crippen molar-refractivity contribution in [2.45, 2.75) is 13.0 Å². The molecule has 8 nitrogen and oxygen atoms in total. The number of aromatic carboxylic acids is 1. The lowest BCUT2D eigenvalue weighted by molar-refractivity contribution is -0.142. The van der Waals surface area contributed by atoms with Crippen LogP contribution in [0.4, 0.5) is 0 Å². The van der Waals surface area contributed by atoms with Crippen molar-refractivity contribution in [1.29, 1.82) is 0 Å². The van der Waals surface area contributed by atoms with Crippen LogP contribution in [0.3, 0.4) is 0 Å². The molecule has 0 radical (unpaired) electrons. The van der Waals surface area contributed by atoms with E-state index in [0.717, 1.165) is 6.33 Å². The summed E-state index contributed by atoms with van der Waals surface area (Å²) in [6.45, 7) is 1.41. The highest BCUT2D eigenvalue weighted by Gasteiger charge is 2.23. The molecule has 0 aliphatic carbocycles. The van der Waals surface area contributed by atoms with Crippen molar-refractivity contribution in [2.24, 2.45) is 0 Å². The van der Waals surface area contributed by atoms with E-state index in [1.54, 1.807) is 0 Å². The molecule has 0 aromatic carbocycles. The number of aromatic nitrogens is 2. The number of methoxy groups -OCH3 is 1. The normalized spacial score (nSPS) is 11.6. The number of aromatic amines is 1. The van der Waals surface area contributed by atoms with Gasteiger partial charge in [0.15, 0.2) is 11.4 Å². The molecule has 0 aliphatic heterocycles. The van der Waals surface area contributed by atoms with E-state index in [1.807, 2.05) is 0 Å². The zero-order valence-electron chi connectivity index (χ0n) is 9.18. The zero-order chi connectivity index (χ0) is 13.0. The standard InChI is InChI=1S/C9H11N3O5/c1-4(9(16)17-2)12-7(13)5-6(8(14)15)11-3-10-5/h3-4H,1-2H3,(H,10,11)(H,12,13)(H,14,15). The van der Waals surface area contributed by atoms with Crippen molar-refractivity contribution in [2.75, 3.05) is 7.11 Å². The monoisotopic (exact) mass is 241 g/mol. The van der Waals surface area contributed by atoms with Gasteiger partial charge in [-0.2, -0.15) is 0 Å². The fourth-order valence-corrected chi connectivity index (χ4v) is 1.13. The van der Waals surface area contributed by atoms with Crippen LogP contribution in [0, 0.1) is 0 Å². The predicted molar refractivity (Wildman–Crippen MR) is 54.5 cm³/mol. The molecule has 1 aromatic heterocycles. The molecule has 0 bridgehead atoms. The second-order valence-electron chi connectivity index (χ2n) is 3.15. The van der Waals surface area contributed by atoms with Crippen LogP contribution in [-0.2, 0) is 9.53 Å². The first-order chi connectivity index (χ1) is 7.97. The zero-order valence-corrected chi connectivity index (χ0v) is 9.18. The van der Waals surface area contributed by atoms with E-state index in [9.17, 15) is 14.4 Å². The summed E-state index contributed by atoms with van der Waals surface area (Å²) in [6.07, 6.45) is 1.08. The van der Waals surface area contributed by atoms with Crippen LogP contribution < -0.4 is 5.32 Å². The van der Waals surface area contributed by atoms with Gasteiger partial charge in [0.1, 0.15) is 6.04 Å². The molecule has 92 valence electrons. The number of H-pyrrole nitrogens is 1. The highest BCUT2D eigenvalue weighted by Crippen LogP contribution is 2.03. The molecule has 8 heteroatoms. The molecule has 17 heavy (non-hydrogen) atoms. The fraction of sp³-hybridized carbons (Fsp3) is 0.333. The first-order valence-electron chi connectivity index (χ1n) is 4.62. The van der Waals surface area contributed by atoms with Crippen LogP contribution >= 0.6 is 0 Å². The second-order valence-corrected chi connectivity index (χ2v) is 3.15. The Morgan fingerprint density at radius 2 is 2.18 bits per heavy atom. The summed E-state index contributed by atoms with van der Waals surface area (Å²) in [6, 6.07) is -0.883. The minimum Gasteiger partial charge on any atom is -0.477 e. The van der Waals surface area contributed by atoms with E-state index in [0.29, 0.717) is 0 Å². The van der Waals surface area contributed by atoms with E-state index in [1.165, 1.54) is 14.0 Å². The first kappa shape index (κ1) is 12.7. The van der Waals surface area contributed by atoms with E-state index < -0.39 is 23.9 Å². The van der Waals surface area contributed by atoms with Crippen LogP contribution in [0.1, 0.15) is 27.9 Å². The number of amides is 1. The maximum absolute atomic E-state index is 11.6. The molecule has 0 saturated heterocycles. The predicted octanol–water partition coefficient (Wildman–Crippen LogP) is -0.601. The molecule has 0 spiro atoms. The van der Waals surface area contributed by atoms with E-state index in [4.69, 9.17) is 5.11 Å². The summed E-state index contributed by atoms with van der Waals surface area (Å²) >= 11 is 0. The Balaban J connectivity index is 2.80. The average Bonchev–Trinajstić information content (AvgIpc) is 2.76. The number of nitrogens with zero attached hydrogens (tertiary/aromatic N) is 1. The lowest BCUT2D eigenvalue weighted by Crippen LogP contribution is -2.39. The van der Waals surface area contributed by atoms with Crippen molar-refractivity contribution in [3.63, 3.8) is 0 Å². The topological polar surface area (TPSA) is 121 Å². The van der Waals surface area contributed by atoms with Crippen LogP contribution in [0.5, 0.6) is 0 Å². The third-order valence-electron chi connectivity index (χ3n) is 1.97. The van der Waals surface area contributed by atoms with Crippen molar-refractivity contribution in [3.05, 3.63) is 17.7 Å². The third kappa shape index (κ3) is 2.80. The molecule has 3 N–H and O–H groups in total. The number of esters is 1. The molecule has 1 atom stereocenters. The van der Waals surface area contributed by atoms with Gasteiger partial charge in [-0.05, 0) is 6.92 Å². The first-order valence-corrected chi connectivity index (χ1v) is 4.62. The molecular formula is C9H11N3O5. The highest BCUT2D eigenvalue weighted by atomic mass is 16.5. The van der Waals surface area contributed by atoms with E-state index >= 15 is 0 Å². The number of carboxylic acids is 1. The number of rotatable bonds is 4. The van der Waals surface area contributed by atoms with Gasteiger partial charge >= 0.3 is 11.9 Å². The Kier molecular flexibility index (Phi) is 3.81. The summed E-state index contributed by atoms with van der Waals surface area (Å²) in [4.78, 5) is 39.3. The fourth-order valence-electron chi connectivity index (χ4n) is 1.13. The SMILES string of the molecule is COC(=O)C(C)NC(=O)c1nc[nH]c1C(=O)O. The molecule has 1 heterocycles. The van der Waals surface area contributed by atoms with Gasteiger partial charge in [0.25, 0.3) is 5.91 Å². The highest BCUT2D eigenvalue weighted by molar-refractivity contribution is 6.03. The third-order valence-corrected chi connectivity index (χ3v) is 1.97. The van der Waals surface area contributed by atoms with E-state index in [2.05, 4.69) is 20.0 Å². The molecule has 0 saturated carbocycles. The average molecular weight is 241 g/mol. The van der Waals surface area contributed by atoms with Crippen molar-refractivity contribution in [3.8, 4) is 0 Å². The number of imidazole rings is 1. The van der Waals surface area contributed by atoms with Gasteiger partial charge in [-0.25, -0.2) is 14.6 Å². The van der Waals surface area contributed by atoms with Crippen LogP contribution in [-0.4, -0.2) is 46.1 Å². The van der Waals surface area contributed by atoms with Crippen molar-refractivity contribution in [1.82, 2.24) is 15.3 Å². The lowest BCUT2D eigenvalue weighted by Gasteiger charge is -2.10. The van der Waals surface area contributed by atoms with Crippen LogP contribution in [0.15, 0.2) is 6.33 Å².